The first-order valence-corrected chi connectivity index (χ1v) is 5.90. The maximum Gasteiger partial charge on any atom is 0.0926 e. The number of nitrogens with zero attached hydrogens (tertiary/aromatic N) is 2. The molecule has 0 unspecified atom stereocenters. The van der Waals surface area contributed by atoms with Gasteiger partial charge in [0.05, 0.1) is 10.7 Å². The Morgan fingerprint density at radius 3 is 2.80 bits per heavy atom. The van der Waals surface area contributed by atoms with E-state index in [2.05, 4.69) is 34.6 Å². The van der Waals surface area contributed by atoms with Gasteiger partial charge in [-0.25, -0.2) is 4.98 Å². The van der Waals surface area contributed by atoms with Crippen molar-refractivity contribution >= 4 is 23.7 Å². The highest BCUT2D eigenvalue weighted by molar-refractivity contribution is 7.09. The number of halogens is 1. The molecule has 0 atom stereocenters. The van der Waals surface area contributed by atoms with E-state index in [1.807, 2.05) is 7.05 Å². The summed E-state index contributed by atoms with van der Waals surface area (Å²) in [5, 5.41) is 6.54. The van der Waals surface area contributed by atoms with Crippen LogP contribution in [0.25, 0.3) is 0 Å². The number of nitrogens with one attached hydrogen (secondary N) is 1. The first kappa shape index (κ1) is 14.8. The van der Waals surface area contributed by atoms with Gasteiger partial charge in [0.1, 0.15) is 0 Å². The summed E-state index contributed by atoms with van der Waals surface area (Å²) in [7, 11) is 4.11. The molecule has 1 N–H and O–H groups in total. The molecule has 0 aliphatic rings. The molecule has 0 aliphatic carbocycles. The van der Waals surface area contributed by atoms with Gasteiger partial charge in [0.25, 0.3) is 0 Å². The predicted molar refractivity (Wildman–Crippen MR) is 69.0 cm³/mol. The van der Waals surface area contributed by atoms with Crippen LogP contribution in [0, 0.1) is 0 Å². The van der Waals surface area contributed by atoms with Crippen molar-refractivity contribution in [1.82, 2.24) is 15.2 Å². The van der Waals surface area contributed by atoms with Gasteiger partial charge < -0.3 is 5.32 Å². The molecule has 0 saturated carbocycles. The summed E-state index contributed by atoms with van der Waals surface area (Å²) in [6.45, 7) is 5.20. The molecule has 0 aromatic carbocycles. The Morgan fingerprint density at radius 1 is 1.53 bits per heavy atom. The largest absolute Gasteiger partial charge is 0.318 e. The normalized spacial score (nSPS) is 10.4. The van der Waals surface area contributed by atoms with Crippen LogP contribution in [0.5, 0.6) is 0 Å². The first-order valence-electron chi connectivity index (χ1n) is 5.02. The predicted octanol–water partition coefficient (Wildman–Crippen LogP) is 1.78. The van der Waals surface area contributed by atoms with Crippen molar-refractivity contribution in [3.63, 3.8) is 0 Å². The van der Waals surface area contributed by atoms with Crippen molar-refractivity contribution in [2.24, 2.45) is 0 Å². The Hall–Kier alpha value is -0.160. The van der Waals surface area contributed by atoms with Gasteiger partial charge in [0, 0.05) is 25.0 Å². The summed E-state index contributed by atoms with van der Waals surface area (Å²) < 4.78 is 0. The molecule has 0 saturated heterocycles. The minimum Gasteiger partial charge on any atom is -0.318 e. The highest BCUT2D eigenvalue weighted by Gasteiger charge is 2.03. The average Bonchev–Trinajstić information content (AvgIpc) is 2.62. The molecular weight excluding hydrogens is 230 g/mol. The van der Waals surface area contributed by atoms with Crippen molar-refractivity contribution in [3.8, 4) is 0 Å². The van der Waals surface area contributed by atoms with E-state index in [0.29, 0.717) is 0 Å². The molecule has 0 aliphatic heterocycles. The van der Waals surface area contributed by atoms with E-state index >= 15 is 0 Å². The Balaban J connectivity index is 0.00000196. The van der Waals surface area contributed by atoms with Crippen molar-refractivity contribution in [1.29, 1.82) is 0 Å². The van der Waals surface area contributed by atoms with Crippen LogP contribution in [0.3, 0.4) is 0 Å². The smallest absolute Gasteiger partial charge is 0.0926 e. The maximum absolute atomic E-state index is 4.53. The van der Waals surface area contributed by atoms with Crippen molar-refractivity contribution in [2.75, 3.05) is 27.2 Å². The lowest BCUT2D eigenvalue weighted by molar-refractivity contribution is 0.325. The van der Waals surface area contributed by atoms with Crippen molar-refractivity contribution in [3.05, 3.63) is 16.1 Å². The zero-order valence-electron chi connectivity index (χ0n) is 9.62. The van der Waals surface area contributed by atoms with Crippen molar-refractivity contribution < 1.29 is 0 Å². The van der Waals surface area contributed by atoms with Gasteiger partial charge in [-0.05, 0) is 20.5 Å². The maximum atomic E-state index is 4.53. The van der Waals surface area contributed by atoms with E-state index in [9.17, 15) is 0 Å². The van der Waals surface area contributed by atoms with Crippen LogP contribution >= 0.6 is 23.7 Å². The molecule has 1 aromatic rings. The van der Waals surface area contributed by atoms with Crippen LogP contribution in [0.15, 0.2) is 5.38 Å². The third kappa shape index (κ3) is 5.47. The number of rotatable bonds is 6. The number of aryl methyl sites for hydroxylation is 1. The lowest BCUT2D eigenvalue weighted by Gasteiger charge is -2.14. The van der Waals surface area contributed by atoms with Crippen LogP contribution in [-0.2, 0) is 13.0 Å². The van der Waals surface area contributed by atoms with E-state index in [-0.39, 0.29) is 12.4 Å². The van der Waals surface area contributed by atoms with E-state index in [0.717, 1.165) is 26.1 Å². The molecule has 1 aromatic heterocycles. The van der Waals surface area contributed by atoms with Gasteiger partial charge in [-0.1, -0.05) is 6.92 Å². The average molecular weight is 250 g/mol. The van der Waals surface area contributed by atoms with Crippen LogP contribution in [0.4, 0.5) is 0 Å². The summed E-state index contributed by atoms with van der Waals surface area (Å²) in [5.74, 6) is 0. The second-order valence-electron chi connectivity index (χ2n) is 3.43. The summed E-state index contributed by atoms with van der Waals surface area (Å²) in [5.41, 5.74) is 1.20. The van der Waals surface area contributed by atoms with E-state index in [1.54, 1.807) is 11.3 Å². The molecule has 0 radical (unpaired) electrons. The molecule has 15 heavy (non-hydrogen) atoms. The van der Waals surface area contributed by atoms with Crippen LogP contribution in [0.1, 0.15) is 17.6 Å². The third-order valence-corrected chi connectivity index (χ3v) is 3.12. The fourth-order valence-electron chi connectivity index (χ4n) is 1.24. The summed E-state index contributed by atoms with van der Waals surface area (Å²) in [4.78, 5) is 6.82. The highest BCUT2D eigenvalue weighted by Crippen LogP contribution is 2.11. The fraction of sp³-hybridized carbons (Fsp3) is 0.700. The zero-order chi connectivity index (χ0) is 10.4. The molecule has 1 heterocycles. The van der Waals surface area contributed by atoms with Gasteiger partial charge in [-0.15, -0.1) is 23.7 Å². The van der Waals surface area contributed by atoms with Crippen LogP contribution in [-0.4, -0.2) is 37.1 Å². The highest BCUT2D eigenvalue weighted by atomic mass is 35.5. The summed E-state index contributed by atoms with van der Waals surface area (Å²) >= 11 is 1.76. The number of aromatic nitrogens is 1. The Kier molecular flexibility index (Phi) is 7.96. The lowest BCUT2D eigenvalue weighted by Crippen LogP contribution is -2.27. The summed E-state index contributed by atoms with van der Waals surface area (Å²) in [6.07, 6.45) is 1.05. The molecule has 0 spiro atoms. The Labute approximate surface area is 102 Å². The topological polar surface area (TPSA) is 28.2 Å². The molecule has 3 nitrogen and oxygen atoms in total. The molecule has 0 amide bonds. The number of likely N-dealkylation sites (N-methyl/N-ethyl adjacent to an activating group) is 2. The van der Waals surface area contributed by atoms with Gasteiger partial charge in [-0.3, -0.25) is 4.90 Å². The molecule has 1 rings (SSSR count). The van der Waals surface area contributed by atoms with E-state index in [1.165, 1.54) is 10.7 Å². The minimum atomic E-state index is 0. The third-order valence-electron chi connectivity index (χ3n) is 2.08. The van der Waals surface area contributed by atoms with Gasteiger partial charge in [0.2, 0.25) is 0 Å². The second-order valence-corrected chi connectivity index (χ2v) is 4.37. The molecular formula is C10H20ClN3S. The monoisotopic (exact) mass is 249 g/mol. The number of thiazole rings is 1. The molecule has 5 heteroatoms. The van der Waals surface area contributed by atoms with E-state index < -0.39 is 0 Å². The zero-order valence-corrected chi connectivity index (χ0v) is 11.2. The fourth-order valence-corrected chi connectivity index (χ4v) is 1.98. The Bertz CT molecular complexity index is 265. The standard InChI is InChI=1S/C10H19N3S.ClH/c1-4-10-12-9(8-14-10)7-13(3)6-5-11-2;/h8,11H,4-7H2,1-3H3;1H. The van der Waals surface area contributed by atoms with E-state index in [4.69, 9.17) is 0 Å². The first-order chi connectivity index (χ1) is 6.76. The molecule has 0 fully saturated rings. The van der Waals surface area contributed by atoms with Gasteiger partial charge in [-0.2, -0.15) is 0 Å². The molecule has 88 valence electrons. The minimum absolute atomic E-state index is 0. The van der Waals surface area contributed by atoms with Crippen molar-refractivity contribution in [2.45, 2.75) is 19.9 Å². The number of hydrogen-bond acceptors (Lipinski definition) is 4. The quantitative estimate of drug-likeness (QED) is 0.833. The second kappa shape index (κ2) is 8.05. The Morgan fingerprint density at radius 2 is 2.27 bits per heavy atom. The lowest BCUT2D eigenvalue weighted by atomic mass is 10.4. The molecule has 0 bridgehead atoms. The van der Waals surface area contributed by atoms with Gasteiger partial charge in [0.15, 0.2) is 0 Å². The summed E-state index contributed by atoms with van der Waals surface area (Å²) in [6, 6.07) is 0. The number of hydrogen-bond donors (Lipinski definition) is 1. The van der Waals surface area contributed by atoms with Crippen LogP contribution in [0.2, 0.25) is 0 Å². The van der Waals surface area contributed by atoms with Crippen LogP contribution < -0.4 is 5.32 Å². The van der Waals surface area contributed by atoms with Gasteiger partial charge >= 0.3 is 0 Å². The SMILES string of the molecule is CCc1nc(CN(C)CCNC)cs1.Cl.